The van der Waals surface area contributed by atoms with Gasteiger partial charge in [0.05, 0.1) is 22.9 Å². The largest absolute Gasteiger partial charge is 0.508 e. The molecule has 2 aromatic rings. The van der Waals surface area contributed by atoms with Crippen LogP contribution in [0.3, 0.4) is 0 Å². The van der Waals surface area contributed by atoms with Gasteiger partial charge in [-0.1, -0.05) is 0 Å². The average Bonchev–Trinajstić information content (AvgIpc) is 2.57. The summed E-state index contributed by atoms with van der Waals surface area (Å²) in [6, 6.07) is 1.82. The second-order valence-corrected chi connectivity index (χ2v) is 4.10. The molecule has 3 nitrogen and oxygen atoms in total. The van der Waals surface area contributed by atoms with Gasteiger partial charge in [-0.25, -0.2) is 4.98 Å². The maximum atomic E-state index is 12.9. The Kier molecular flexibility index (Phi) is 2.52. The molecule has 17 heavy (non-hydrogen) atoms. The minimum absolute atomic E-state index is 0.00491. The minimum atomic E-state index is -4.51. The molecule has 0 saturated heterocycles. The monoisotopic (exact) mass is 244 g/mol. The van der Waals surface area contributed by atoms with Crippen LogP contribution in [0.15, 0.2) is 18.5 Å². The van der Waals surface area contributed by atoms with E-state index in [4.69, 9.17) is 0 Å². The van der Waals surface area contributed by atoms with E-state index in [1.165, 1.54) is 17.0 Å². The second-order valence-electron chi connectivity index (χ2n) is 4.10. The summed E-state index contributed by atoms with van der Waals surface area (Å²) in [5.41, 5.74) is -0.713. The fraction of sp³-hybridized carbons (Fsp3) is 0.364. The molecule has 1 aromatic heterocycles. The maximum Gasteiger partial charge on any atom is 0.418 e. The van der Waals surface area contributed by atoms with Crippen LogP contribution in [0.4, 0.5) is 13.2 Å². The molecule has 0 radical (unpaired) electrons. The molecule has 0 saturated carbocycles. The smallest absolute Gasteiger partial charge is 0.418 e. The van der Waals surface area contributed by atoms with Crippen molar-refractivity contribution in [2.24, 2.45) is 0 Å². The number of rotatable bonds is 1. The van der Waals surface area contributed by atoms with Crippen molar-refractivity contribution in [1.82, 2.24) is 9.55 Å². The van der Waals surface area contributed by atoms with Gasteiger partial charge in [-0.3, -0.25) is 0 Å². The number of alkyl halides is 3. The van der Waals surface area contributed by atoms with Crippen molar-refractivity contribution in [3.8, 4) is 5.75 Å². The topological polar surface area (TPSA) is 38.0 Å². The molecule has 92 valence electrons. The molecule has 0 amide bonds. The highest BCUT2D eigenvalue weighted by Gasteiger charge is 2.35. The predicted molar refractivity (Wildman–Crippen MR) is 56.8 cm³/mol. The Bertz CT molecular complexity index is 558. The third kappa shape index (κ3) is 1.94. The number of phenolic OH excluding ortho intramolecular Hbond substituents is 1. The Hall–Kier alpha value is -1.72. The van der Waals surface area contributed by atoms with Gasteiger partial charge in [-0.15, -0.1) is 0 Å². The van der Waals surface area contributed by atoms with Gasteiger partial charge >= 0.3 is 6.18 Å². The Morgan fingerprint density at radius 1 is 1.29 bits per heavy atom. The van der Waals surface area contributed by atoms with Crippen molar-refractivity contribution in [3.05, 3.63) is 24.0 Å². The van der Waals surface area contributed by atoms with Crippen LogP contribution in [0, 0.1) is 0 Å². The number of hydrogen-bond acceptors (Lipinski definition) is 2. The summed E-state index contributed by atoms with van der Waals surface area (Å²) < 4.78 is 40.0. The number of fused-ring (bicyclic) bond motifs is 1. The maximum absolute atomic E-state index is 12.9. The number of halogens is 3. The van der Waals surface area contributed by atoms with Gasteiger partial charge in [0.15, 0.2) is 0 Å². The lowest BCUT2D eigenvalue weighted by molar-refractivity contribution is -0.136. The van der Waals surface area contributed by atoms with E-state index in [0.717, 1.165) is 6.07 Å². The fourth-order valence-corrected chi connectivity index (χ4v) is 1.76. The van der Waals surface area contributed by atoms with Crippen molar-refractivity contribution < 1.29 is 18.3 Å². The summed E-state index contributed by atoms with van der Waals surface area (Å²) in [6.45, 7) is 3.54. The molecule has 0 atom stereocenters. The Labute approximate surface area is 95.5 Å². The Morgan fingerprint density at radius 3 is 2.47 bits per heavy atom. The number of aromatic hydroxyl groups is 1. The summed E-state index contributed by atoms with van der Waals surface area (Å²) in [6.07, 6.45) is -3.16. The van der Waals surface area contributed by atoms with Crippen LogP contribution in [0.1, 0.15) is 25.5 Å². The van der Waals surface area contributed by atoms with Crippen LogP contribution in [0.2, 0.25) is 0 Å². The van der Waals surface area contributed by atoms with E-state index >= 15 is 0 Å². The highest BCUT2D eigenvalue weighted by Crippen LogP contribution is 2.37. The fourth-order valence-electron chi connectivity index (χ4n) is 1.76. The summed E-state index contributed by atoms with van der Waals surface area (Å²) >= 11 is 0. The van der Waals surface area contributed by atoms with E-state index < -0.39 is 17.5 Å². The van der Waals surface area contributed by atoms with E-state index in [-0.39, 0.29) is 17.1 Å². The van der Waals surface area contributed by atoms with E-state index in [9.17, 15) is 18.3 Å². The molecule has 0 bridgehead atoms. The summed E-state index contributed by atoms with van der Waals surface area (Å²) in [5, 5.41) is 9.27. The van der Waals surface area contributed by atoms with Gasteiger partial charge in [-0.05, 0) is 19.9 Å². The normalized spacial score (nSPS) is 12.6. The minimum Gasteiger partial charge on any atom is -0.508 e. The molecule has 1 aromatic carbocycles. The first-order valence-electron chi connectivity index (χ1n) is 5.07. The zero-order valence-corrected chi connectivity index (χ0v) is 9.28. The van der Waals surface area contributed by atoms with E-state index in [1.54, 1.807) is 13.8 Å². The number of aromatic nitrogens is 2. The van der Waals surface area contributed by atoms with E-state index in [1.807, 2.05) is 0 Å². The first kappa shape index (κ1) is 11.8. The SMILES string of the molecule is CC(C)n1cnc2cc(O)cc(C(F)(F)F)c21. The summed E-state index contributed by atoms with van der Waals surface area (Å²) in [5.74, 6) is -0.432. The predicted octanol–water partition coefficient (Wildman–Crippen LogP) is 3.34. The van der Waals surface area contributed by atoms with Crippen molar-refractivity contribution >= 4 is 11.0 Å². The van der Waals surface area contributed by atoms with Crippen molar-refractivity contribution in [2.75, 3.05) is 0 Å². The second kappa shape index (κ2) is 3.65. The quantitative estimate of drug-likeness (QED) is 0.835. The third-order valence-electron chi connectivity index (χ3n) is 2.52. The van der Waals surface area contributed by atoms with Crippen LogP contribution in [-0.4, -0.2) is 14.7 Å². The van der Waals surface area contributed by atoms with Gasteiger partial charge in [0.1, 0.15) is 5.75 Å². The standard InChI is InChI=1S/C11H11F3N2O/c1-6(2)16-5-15-9-4-7(17)3-8(10(9)16)11(12,13)14/h3-6,17H,1-2H3. The number of hydrogen-bond donors (Lipinski definition) is 1. The van der Waals surface area contributed by atoms with Gasteiger partial charge in [0.25, 0.3) is 0 Å². The first-order valence-corrected chi connectivity index (χ1v) is 5.07. The lowest BCUT2D eigenvalue weighted by Gasteiger charge is -2.14. The number of benzene rings is 1. The highest BCUT2D eigenvalue weighted by atomic mass is 19.4. The lowest BCUT2D eigenvalue weighted by Crippen LogP contribution is -2.09. The first-order chi connectivity index (χ1) is 7.80. The van der Waals surface area contributed by atoms with Crippen molar-refractivity contribution in [1.29, 1.82) is 0 Å². The van der Waals surface area contributed by atoms with Crippen LogP contribution < -0.4 is 0 Å². The van der Waals surface area contributed by atoms with Gasteiger partial charge in [-0.2, -0.15) is 13.2 Å². The van der Waals surface area contributed by atoms with Crippen LogP contribution in [0.25, 0.3) is 11.0 Å². The van der Waals surface area contributed by atoms with Crippen molar-refractivity contribution in [2.45, 2.75) is 26.1 Å². The van der Waals surface area contributed by atoms with E-state index in [0.29, 0.717) is 0 Å². The van der Waals surface area contributed by atoms with Gasteiger partial charge in [0, 0.05) is 12.1 Å². The molecular weight excluding hydrogens is 233 g/mol. The molecule has 2 rings (SSSR count). The molecule has 1 heterocycles. The van der Waals surface area contributed by atoms with Gasteiger partial charge in [0.2, 0.25) is 0 Å². The average molecular weight is 244 g/mol. The Morgan fingerprint density at radius 2 is 1.94 bits per heavy atom. The molecule has 6 heteroatoms. The van der Waals surface area contributed by atoms with Crippen LogP contribution in [-0.2, 0) is 6.18 Å². The van der Waals surface area contributed by atoms with Crippen molar-refractivity contribution in [3.63, 3.8) is 0 Å². The number of imidazole rings is 1. The molecular formula is C11H11F3N2O. The van der Waals surface area contributed by atoms with Gasteiger partial charge < -0.3 is 9.67 Å². The highest BCUT2D eigenvalue weighted by molar-refractivity contribution is 5.81. The number of phenols is 1. The zero-order valence-electron chi connectivity index (χ0n) is 9.28. The molecule has 0 fully saturated rings. The lowest BCUT2D eigenvalue weighted by atomic mass is 10.1. The molecule has 0 aliphatic carbocycles. The van der Waals surface area contributed by atoms with E-state index in [2.05, 4.69) is 4.98 Å². The third-order valence-corrected chi connectivity index (χ3v) is 2.52. The number of nitrogens with zero attached hydrogens (tertiary/aromatic N) is 2. The molecule has 0 aliphatic rings. The summed E-state index contributed by atoms with van der Waals surface area (Å²) in [4.78, 5) is 3.88. The van der Waals surface area contributed by atoms with Crippen LogP contribution >= 0.6 is 0 Å². The molecule has 0 spiro atoms. The molecule has 0 aliphatic heterocycles. The Balaban J connectivity index is 2.84. The summed E-state index contributed by atoms with van der Waals surface area (Å²) in [7, 11) is 0. The molecule has 0 unspecified atom stereocenters. The van der Waals surface area contributed by atoms with Crippen LogP contribution in [0.5, 0.6) is 5.75 Å². The molecule has 1 N–H and O–H groups in total. The zero-order chi connectivity index (χ0) is 12.8.